The minimum Gasteiger partial charge on any atom is 0 e. The summed E-state index contributed by atoms with van der Waals surface area (Å²) >= 11 is 0. The van der Waals surface area contributed by atoms with Gasteiger partial charge < -0.3 is 19.2 Å². The average molecular weight is 443 g/mol. The van der Waals surface area contributed by atoms with Gasteiger partial charge in [0.1, 0.15) is 0 Å². The summed E-state index contributed by atoms with van der Waals surface area (Å²) in [5.74, 6) is 0. The first-order valence-electron chi connectivity index (χ1n) is 0.894. The fraction of sp³-hybridized carbons (Fsp3) is 0. The van der Waals surface area contributed by atoms with Crippen LogP contribution in [-0.2, 0) is 0 Å². The molecule has 0 bridgehead atoms. The van der Waals surface area contributed by atoms with Crippen molar-refractivity contribution in [3.8, 4) is 0 Å². The number of hydrogen-bond donors (Lipinski definition) is 4. The molecule has 0 rings (SSSR count). The molecule has 0 aromatic rings. The monoisotopic (exact) mass is 444 g/mol. The Bertz CT molecular complexity index is 27.2. The third-order valence-corrected chi connectivity index (χ3v) is 0. The summed E-state index contributed by atoms with van der Waals surface area (Å²) in [6.07, 6.45) is 0. The summed E-state index contributed by atoms with van der Waals surface area (Å²) in [5, 5.41) is 0. The predicted molar refractivity (Wildman–Crippen MR) is 28.9 cm³/mol. The minimum atomic E-state index is -4.61. The zero-order chi connectivity index (χ0) is 4.50. The van der Waals surface area contributed by atoms with Gasteiger partial charge in [-0.1, -0.05) is 0 Å². The second-order valence-corrected chi connectivity index (χ2v) is 1.80. The number of hydrogen-bond acceptors (Lipinski definition) is 4. The van der Waals surface area contributed by atoms with Crippen LogP contribution in [0.25, 0.3) is 0 Å². The molecule has 0 aliphatic rings. The van der Waals surface area contributed by atoms with E-state index in [4.69, 9.17) is 19.2 Å². The molecule has 0 aromatic carbocycles. The molecule has 4 N–H and O–H groups in total. The van der Waals surface area contributed by atoms with Gasteiger partial charge in [-0.2, -0.15) is 0 Å². The summed E-state index contributed by atoms with van der Waals surface area (Å²) in [4.78, 5) is 29.3. The van der Waals surface area contributed by atoms with Crippen molar-refractivity contribution in [1.29, 1.82) is 0 Å². The van der Waals surface area contributed by atoms with E-state index >= 15 is 0 Å². The smallest absolute Gasteiger partial charge is 0 e. The molecule has 0 fully saturated rings. The zero-order valence-electron chi connectivity index (χ0n) is 2.79. The zero-order valence-corrected chi connectivity index (χ0v) is 7.68. The Morgan fingerprint density at radius 1 is 0.857 bits per heavy atom. The molecule has 4 radical (unpaired) electrons. The predicted octanol–water partition coefficient (Wildman–Crippen LogP) is -3.91. The Labute approximate surface area is 102 Å². The molecule has 0 aromatic heterocycles. The summed E-state index contributed by atoms with van der Waals surface area (Å²) in [7, 11) is -4.61. The molecule has 40 valence electrons. The molecule has 0 aliphatic heterocycles. The Balaban J connectivity index is -0.0000000800. The van der Waals surface area contributed by atoms with Gasteiger partial charge in [-0.15, -0.1) is 0 Å². The van der Waals surface area contributed by atoms with Gasteiger partial charge >= 0.3 is 57.9 Å². The molecule has 7 heavy (non-hydrogen) atoms. The second kappa shape index (κ2) is 6.67. The fourth-order valence-corrected chi connectivity index (χ4v) is 0. The average Bonchev–Trinajstić information content (AvgIpc) is 0.722. The largest absolute Gasteiger partial charge is 0 e. The molecular formula is H6BaO4PbSi. The SMILES string of the molecule is O[Si](O)(O)O.[BaH2].[Pb]. The van der Waals surface area contributed by atoms with Gasteiger partial charge in [0.05, 0.1) is 0 Å². The molecular weight excluding hydrogens is 437 g/mol. The maximum absolute atomic E-state index is 7.33. The normalized spacial score (nSPS) is 8.57. The van der Waals surface area contributed by atoms with Gasteiger partial charge in [-0.05, 0) is 0 Å². The molecule has 0 unspecified atom stereocenters. The van der Waals surface area contributed by atoms with Crippen LogP contribution in [0.1, 0.15) is 0 Å². The molecule has 0 saturated carbocycles. The fourth-order valence-electron chi connectivity index (χ4n) is 0. The van der Waals surface area contributed by atoms with Gasteiger partial charge in [0.15, 0.2) is 0 Å². The molecule has 0 amide bonds. The maximum atomic E-state index is 7.33. The third-order valence-electron chi connectivity index (χ3n) is 0. The Kier molecular flexibility index (Phi) is 15.5. The van der Waals surface area contributed by atoms with E-state index in [0.717, 1.165) is 0 Å². The minimum absolute atomic E-state index is 0. The van der Waals surface area contributed by atoms with Crippen molar-refractivity contribution >= 4 is 85.2 Å². The van der Waals surface area contributed by atoms with E-state index in [9.17, 15) is 0 Å². The molecule has 4 nitrogen and oxygen atoms in total. The van der Waals surface area contributed by atoms with Crippen LogP contribution in [-0.4, -0.2) is 104 Å². The standard InChI is InChI=1S/Ba.H4O4Si.Pb.2H/c;1-5(2,3)4;;;/h;1-4H;;;. The molecule has 0 aliphatic carbocycles. The van der Waals surface area contributed by atoms with E-state index in [1.54, 1.807) is 0 Å². The molecule has 7 heteroatoms. The first-order valence-corrected chi connectivity index (χ1v) is 2.68. The third kappa shape index (κ3) is 56.4. The van der Waals surface area contributed by atoms with Gasteiger partial charge in [-0.3, -0.25) is 0 Å². The Morgan fingerprint density at radius 3 is 0.857 bits per heavy atom. The van der Waals surface area contributed by atoms with Crippen molar-refractivity contribution in [3.63, 3.8) is 0 Å². The molecule has 0 heterocycles. The van der Waals surface area contributed by atoms with E-state index in [-0.39, 0.29) is 76.2 Å². The van der Waals surface area contributed by atoms with E-state index in [1.165, 1.54) is 0 Å². The van der Waals surface area contributed by atoms with Crippen LogP contribution in [0.3, 0.4) is 0 Å². The summed E-state index contributed by atoms with van der Waals surface area (Å²) in [6.45, 7) is 0. The molecule has 0 spiro atoms. The first-order chi connectivity index (χ1) is 2.00. The quantitative estimate of drug-likeness (QED) is 0.289. The summed E-state index contributed by atoms with van der Waals surface area (Å²) in [5.41, 5.74) is 0. The maximum Gasteiger partial charge on any atom is 0 e. The van der Waals surface area contributed by atoms with Crippen LogP contribution in [0.4, 0.5) is 0 Å². The van der Waals surface area contributed by atoms with Gasteiger partial charge in [0, 0.05) is 27.3 Å². The van der Waals surface area contributed by atoms with Crippen molar-refractivity contribution in [2.75, 3.05) is 0 Å². The van der Waals surface area contributed by atoms with Crippen LogP contribution in [0, 0.1) is 0 Å². The first kappa shape index (κ1) is 16.3. The Morgan fingerprint density at radius 2 is 0.857 bits per heavy atom. The van der Waals surface area contributed by atoms with E-state index < -0.39 is 9.05 Å². The van der Waals surface area contributed by atoms with Crippen molar-refractivity contribution < 1.29 is 19.2 Å². The van der Waals surface area contributed by atoms with Crippen LogP contribution in [0.5, 0.6) is 0 Å². The van der Waals surface area contributed by atoms with Crippen molar-refractivity contribution in [1.82, 2.24) is 0 Å². The van der Waals surface area contributed by atoms with Crippen molar-refractivity contribution in [2.45, 2.75) is 0 Å². The van der Waals surface area contributed by atoms with Crippen molar-refractivity contribution in [2.24, 2.45) is 0 Å². The van der Waals surface area contributed by atoms with E-state index in [0.29, 0.717) is 0 Å². The Hall–Kier alpha value is 2.55. The molecule has 0 saturated heterocycles. The van der Waals surface area contributed by atoms with Gasteiger partial charge in [-0.25, -0.2) is 0 Å². The van der Waals surface area contributed by atoms with Crippen LogP contribution >= 0.6 is 0 Å². The molecule has 0 atom stereocenters. The van der Waals surface area contributed by atoms with Crippen LogP contribution in [0.15, 0.2) is 0 Å². The topological polar surface area (TPSA) is 80.9 Å². The second-order valence-electron chi connectivity index (χ2n) is 0.600. The van der Waals surface area contributed by atoms with Gasteiger partial charge in [0.25, 0.3) is 0 Å². The van der Waals surface area contributed by atoms with Crippen molar-refractivity contribution in [3.05, 3.63) is 0 Å². The van der Waals surface area contributed by atoms with E-state index in [2.05, 4.69) is 0 Å². The number of rotatable bonds is 0. The van der Waals surface area contributed by atoms with E-state index in [1.807, 2.05) is 0 Å². The van der Waals surface area contributed by atoms with Crippen LogP contribution < -0.4 is 0 Å². The van der Waals surface area contributed by atoms with Crippen LogP contribution in [0.2, 0.25) is 0 Å². The summed E-state index contributed by atoms with van der Waals surface area (Å²) < 4.78 is 0. The summed E-state index contributed by atoms with van der Waals surface area (Å²) in [6, 6.07) is 0. The van der Waals surface area contributed by atoms with Gasteiger partial charge in [0.2, 0.25) is 0 Å².